The first-order chi connectivity index (χ1) is 3.79. The SMILES string of the molecule is NC1CNCC(=O)N1. The van der Waals surface area contributed by atoms with Crippen LogP contribution in [0.3, 0.4) is 0 Å². The van der Waals surface area contributed by atoms with E-state index in [0.29, 0.717) is 13.1 Å². The molecule has 1 fully saturated rings. The number of rotatable bonds is 0. The van der Waals surface area contributed by atoms with Crippen molar-refractivity contribution in [2.45, 2.75) is 6.17 Å². The maximum atomic E-state index is 10.4. The van der Waals surface area contributed by atoms with Gasteiger partial charge in [-0.3, -0.25) is 4.79 Å². The molecule has 8 heavy (non-hydrogen) atoms. The lowest BCUT2D eigenvalue weighted by Gasteiger charge is -2.19. The molecule has 4 heteroatoms. The van der Waals surface area contributed by atoms with Crippen molar-refractivity contribution in [3.63, 3.8) is 0 Å². The van der Waals surface area contributed by atoms with Gasteiger partial charge in [0.1, 0.15) is 0 Å². The summed E-state index contributed by atoms with van der Waals surface area (Å²) in [6.07, 6.45) is -0.198. The Morgan fingerprint density at radius 3 is 2.88 bits per heavy atom. The van der Waals surface area contributed by atoms with Gasteiger partial charge in [-0.25, -0.2) is 0 Å². The Labute approximate surface area is 47.4 Å². The number of carbonyl (C=O) groups is 1. The fourth-order valence-electron chi connectivity index (χ4n) is 0.650. The van der Waals surface area contributed by atoms with E-state index < -0.39 is 0 Å². The summed E-state index contributed by atoms with van der Waals surface area (Å²) in [6.45, 7) is 1.07. The Morgan fingerprint density at radius 1 is 1.75 bits per heavy atom. The van der Waals surface area contributed by atoms with Crippen molar-refractivity contribution in [1.82, 2.24) is 10.6 Å². The topological polar surface area (TPSA) is 67.1 Å². The Kier molecular flexibility index (Phi) is 1.45. The van der Waals surface area contributed by atoms with Crippen molar-refractivity contribution < 1.29 is 4.79 Å². The lowest BCUT2D eigenvalue weighted by Crippen LogP contribution is -2.56. The highest BCUT2D eigenvalue weighted by Gasteiger charge is 2.11. The smallest absolute Gasteiger partial charge is 0.235 e. The molecule has 1 unspecified atom stereocenters. The molecule has 0 saturated carbocycles. The molecule has 46 valence electrons. The van der Waals surface area contributed by atoms with Crippen molar-refractivity contribution in [2.75, 3.05) is 13.1 Å². The molecule has 1 rings (SSSR count). The number of piperazine rings is 1. The van der Waals surface area contributed by atoms with E-state index >= 15 is 0 Å². The molecule has 1 aliphatic rings. The molecule has 1 amide bonds. The summed E-state index contributed by atoms with van der Waals surface area (Å²) in [4.78, 5) is 10.4. The van der Waals surface area contributed by atoms with Crippen LogP contribution in [0.25, 0.3) is 0 Å². The summed E-state index contributed by atoms with van der Waals surface area (Å²) in [7, 11) is 0. The van der Waals surface area contributed by atoms with Gasteiger partial charge in [-0.1, -0.05) is 0 Å². The lowest BCUT2D eigenvalue weighted by molar-refractivity contribution is -0.122. The van der Waals surface area contributed by atoms with Gasteiger partial charge >= 0.3 is 0 Å². The number of nitrogens with two attached hydrogens (primary N) is 1. The van der Waals surface area contributed by atoms with Crippen molar-refractivity contribution in [3.8, 4) is 0 Å². The quantitative estimate of drug-likeness (QED) is 0.342. The van der Waals surface area contributed by atoms with Gasteiger partial charge in [0, 0.05) is 6.54 Å². The highest BCUT2D eigenvalue weighted by molar-refractivity contribution is 5.78. The van der Waals surface area contributed by atoms with Crippen LogP contribution in [-0.4, -0.2) is 25.2 Å². The van der Waals surface area contributed by atoms with E-state index in [0.717, 1.165) is 0 Å². The molecule has 0 aromatic heterocycles. The highest BCUT2D eigenvalue weighted by Crippen LogP contribution is 1.76. The summed E-state index contributed by atoms with van der Waals surface area (Å²) >= 11 is 0. The summed E-state index contributed by atoms with van der Waals surface area (Å²) in [5.74, 6) is -0.0243. The Balaban J connectivity index is 2.34. The number of amides is 1. The monoisotopic (exact) mass is 115 g/mol. The molecule has 0 aromatic rings. The maximum absolute atomic E-state index is 10.4. The van der Waals surface area contributed by atoms with Crippen molar-refractivity contribution in [1.29, 1.82) is 0 Å². The van der Waals surface area contributed by atoms with E-state index in [1.807, 2.05) is 0 Å². The molecule has 0 spiro atoms. The molecule has 4 N–H and O–H groups in total. The van der Waals surface area contributed by atoms with Crippen LogP contribution in [0.15, 0.2) is 0 Å². The van der Waals surface area contributed by atoms with E-state index in [9.17, 15) is 4.79 Å². The second-order valence-corrected chi connectivity index (χ2v) is 1.80. The standard InChI is InChI=1S/C4H9N3O/c5-3-1-6-2-4(8)7-3/h3,6H,1-2,5H2,(H,7,8). The van der Waals surface area contributed by atoms with Crippen molar-refractivity contribution in [2.24, 2.45) is 5.73 Å². The fraction of sp³-hybridized carbons (Fsp3) is 0.750. The van der Waals surface area contributed by atoms with Crippen LogP contribution in [0.2, 0.25) is 0 Å². The van der Waals surface area contributed by atoms with Gasteiger partial charge in [0.2, 0.25) is 5.91 Å². The van der Waals surface area contributed by atoms with E-state index in [-0.39, 0.29) is 12.1 Å². The third kappa shape index (κ3) is 1.18. The molecule has 1 aliphatic heterocycles. The van der Waals surface area contributed by atoms with E-state index in [2.05, 4.69) is 10.6 Å². The predicted molar refractivity (Wildman–Crippen MR) is 29.0 cm³/mol. The molecule has 0 bridgehead atoms. The minimum atomic E-state index is -0.198. The minimum Gasteiger partial charge on any atom is -0.339 e. The van der Waals surface area contributed by atoms with Gasteiger partial charge in [0.25, 0.3) is 0 Å². The number of hydrogen-bond acceptors (Lipinski definition) is 3. The Bertz CT molecular complexity index is 103. The first-order valence-corrected chi connectivity index (χ1v) is 2.55. The van der Waals surface area contributed by atoms with Crippen LogP contribution in [0.1, 0.15) is 0 Å². The number of nitrogens with one attached hydrogen (secondary N) is 2. The summed E-state index contributed by atoms with van der Waals surface area (Å²) in [5, 5.41) is 5.40. The van der Waals surface area contributed by atoms with Gasteiger partial charge in [0.05, 0.1) is 12.7 Å². The van der Waals surface area contributed by atoms with Crippen LogP contribution in [0.4, 0.5) is 0 Å². The number of carbonyl (C=O) groups excluding carboxylic acids is 1. The summed E-state index contributed by atoms with van der Waals surface area (Å²) in [6, 6.07) is 0. The first-order valence-electron chi connectivity index (χ1n) is 2.55. The van der Waals surface area contributed by atoms with Gasteiger partial charge in [-0.15, -0.1) is 0 Å². The minimum absolute atomic E-state index is 0.0243. The fourth-order valence-corrected chi connectivity index (χ4v) is 0.650. The summed E-state index contributed by atoms with van der Waals surface area (Å²) < 4.78 is 0. The van der Waals surface area contributed by atoms with Crippen molar-refractivity contribution >= 4 is 5.91 Å². The average molecular weight is 115 g/mol. The third-order valence-electron chi connectivity index (χ3n) is 0.996. The third-order valence-corrected chi connectivity index (χ3v) is 0.996. The zero-order valence-corrected chi connectivity index (χ0v) is 4.48. The molecule has 1 atom stereocenters. The van der Waals surface area contributed by atoms with Crippen LogP contribution in [0.5, 0.6) is 0 Å². The molecule has 1 heterocycles. The molecule has 0 radical (unpaired) electrons. The zero-order chi connectivity index (χ0) is 5.98. The largest absolute Gasteiger partial charge is 0.339 e. The molecule has 0 aromatic carbocycles. The number of hydrogen-bond donors (Lipinski definition) is 3. The van der Waals surface area contributed by atoms with Crippen LogP contribution in [0, 0.1) is 0 Å². The van der Waals surface area contributed by atoms with E-state index in [4.69, 9.17) is 5.73 Å². The molecule has 0 aliphatic carbocycles. The van der Waals surface area contributed by atoms with Crippen LogP contribution in [-0.2, 0) is 4.79 Å². The summed E-state index contributed by atoms with van der Waals surface area (Å²) in [5.41, 5.74) is 5.33. The molecule has 1 saturated heterocycles. The Morgan fingerprint density at radius 2 is 2.50 bits per heavy atom. The molecule has 4 nitrogen and oxygen atoms in total. The van der Waals surface area contributed by atoms with Gasteiger partial charge in [-0.2, -0.15) is 0 Å². The van der Waals surface area contributed by atoms with Gasteiger partial charge in [-0.05, 0) is 0 Å². The van der Waals surface area contributed by atoms with Crippen LogP contribution >= 0.6 is 0 Å². The van der Waals surface area contributed by atoms with E-state index in [1.54, 1.807) is 0 Å². The zero-order valence-electron chi connectivity index (χ0n) is 4.48. The lowest BCUT2D eigenvalue weighted by atomic mass is 10.4. The second kappa shape index (κ2) is 2.11. The average Bonchev–Trinajstić information content (AvgIpc) is 1.64. The first kappa shape index (κ1) is 5.53. The second-order valence-electron chi connectivity index (χ2n) is 1.80. The highest BCUT2D eigenvalue weighted by atomic mass is 16.2. The van der Waals surface area contributed by atoms with Crippen molar-refractivity contribution in [3.05, 3.63) is 0 Å². The van der Waals surface area contributed by atoms with Gasteiger partial charge in [0.15, 0.2) is 0 Å². The predicted octanol–water partition coefficient (Wildman–Crippen LogP) is -2.01. The Hall–Kier alpha value is -0.610. The normalized spacial score (nSPS) is 29.6. The molecular weight excluding hydrogens is 106 g/mol. The maximum Gasteiger partial charge on any atom is 0.235 e. The van der Waals surface area contributed by atoms with Gasteiger partial charge < -0.3 is 16.4 Å². The molecular formula is C4H9N3O. The van der Waals surface area contributed by atoms with Crippen LogP contribution < -0.4 is 16.4 Å². The van der Waals surface area contributed by atoms with E-state index in [1.165, 1.54) is 0 Å².